The van der Waals surface area contributed by atoms with Crippen LogP contribution >= 0.6 is 11.8 Å². The first-order chi connectivity index (χ1) is 13.5. The molecular formula is C21H25NO5S. The van der Waals surface area contributed by atoms with Crippen molar-refractivity contribution in [2.75, 3.05) is 25.5 Å². The topological polar surface area (TPSA) is 81.3 Å². The van der Waals surface area contributed by atoms with Crippen molar-refractivity contribution in [3.05, 3.63) is 51.6 Å². The summed E-state index contributed by atoms with van der Waals surface area (Å²) >= 11 is 1.76. The van der Waals surface area contributed by atoms with E-state index in [0.29, 0.717) is 37.7 Å². The van der Waals surface area contributed by atoms with E-state index in [-0.39, 0.29) is 16.6 Å². The molecule has 28 heavy (non-hydrogen) atoms. The lowest BCUT2D eigenvalue weighted by Crippen LogP contribution is -2.17. The number of rotatable bonds is 6. The van der Waals surface area contributed by atoms with Crippen molar-refractivity contribution in [1.82, 2.24) is 0 Å². The van der Waals surface area contributed by atoms with E-state index < -0.39 is 5.63 Å². The predicted octanol–water partition coefficient (Wildman–Crippen LogP) is 4.12. The summed E-state index contributed by atoms with van der Waals surface area (Å²) in [5.74, 6) is 2.63. The normalized spacial score (nSPS) is 17.0. The summed E-state index contributed by atoms with van der Waals surface area (Å²) in [4.78, 5) is 16.9. The van der Waals surface area contributed by atoms with Crippen LogP contribution in [0, 0.1) is 6.92 Å². The molecule has 1 unspecified atom stereocenters. The van der Waals surface area contributed by atoms with E-state index in [0.717, 1.165) is 22.8 Å². The molecular weight excluding hydrogens is 378 g/mol. The van der Waals surface area contributed by atoms with Crippen LogP contribution in [0.15, 0.2) is 38.5 Å². The Bertz CT molecular complexity index is 921. The first-order valence-corrected chi connectivity index (χ1v) is 10.5. The van der Waals surface area contributed by atoms with Gasteiger partial charge in [-0.15, -0.1) is 0 Å². The van der Waals surface area contributed by atoms with Crippen molar-refractivity contribution >= 4 is 17.5 Å². The van der Waals surface area contributed by atoms with Gasteiger partial charge in [-0.1, -0.05) is 6.07 Å². The first-order valence-electron chi connectivity index (χ1n) is 9.42. The smallest absolute Gasteiger partial charge is 0.348 e. The second-order valence-corrected chi connectivity index (χ2v) is 7.67. The van der Waals surface area contributed by atoms with Crippen molar-refractivity contribution in [2.24, 2.45) is 4.99 Å². The van der Waals surface area contributed by atoms with Gasteiger partial charge in [0.1, 0.15) is 28.6 Å². The lowest BCUT2D eigenvalue weighted by molar-refractivity contribution is 0.320. The number of thioether (sulfide) groups is 1. The van der Waals surface area contributed by atoms with Gasteiger partial charge < -0.3 is 19.0 Å². The van der Waals surface area contributed by atoms with E-state index >= 15 is 0 Å². The monoisotopic (exact) mass is 403 g/mol. The number of hydrogen-bond donors (Lipinski definition) is 1. The predicted molar refractivity (Wildman–Crippen MR) is 111 cm³/mol. The molecule has 150 valence electrons. The van der Waals surface area contributed by atoms with E-state index in [2.05, 4.69) is 4.99 Å². The minimum atomic E-state index is -0.557. The summed E-state index contributed by atoms with van der Waals surface area (Å²) < 4.78 is 16.6. The van der Waals surface area contributed by atoms with Gasteiger partial charge >= 0.3 is 5.63 Å². The average Bonchev–Trinajstić information content (AvgIpc) is 2.88. The molecule has 1 aromatic carbocycles. The van der Waals surface area contributed by atoms with Gasteiger partial charge in [-0.3, -0.25) is 4.99 Å². The Labute approximate surface area is 168 Å². The fourth-order valence-corrected chi connectivity index (χ4v) is 4.37. The summed E-state index contributed by atoms with van der Waals surface area (Å²) in [5.41, 5.74) is 1.19. The number of hydrogen-bond acceptors (Lipinski definition) is 7. The van der Waals surface area contributed by atoms with E-state index in [1.165, 1.54) is 6.07 Å². The Kier molecular flexibility index (Phi) is 6.67. The Morgan fingerprint density at radius 1 is 1.25 bits per heavy atom. The number of benzene rings is 1. The molecule has 1 aliphatic rings. The molecule has 1 atom stereocenters. The van der Waals surface area contributed by atoms with Gasteiger partial charge in [-0.05, 0) is 26.8 Å². The average molecular weight is 404 g/mol. The van der Waals surface area contributed by atoms with Crippen LogP contribution in [-0.4, -0.2) is 36.3 Å². The van der Waals surface area contributed by atoms with Gasteiger partial charge in [-0.25, -0.2) is 4.79 Å². The molecule has 0 spiro atoms. The van der Waals surface area contributed by atoms with Crippen LogP contribution in [0.5, 0.6) is 17.2 Å². The maximum atomic E-state index is 12.3. The molecule has 0 radical (unpaired) electrons. The Morgan fingerprint density at radius 2 is 2.04 bits per heavy atom. The van der Waals surface area contributed by atoms with Gasteiger partial charge in [0.15, 0.2) is 0 Å². The molecule has 7 heteroatoms. The van der Waals surface area contributed by atoms with Gasteiger partial charge in [0, 0.05) is 41.7 Å². The Balaban J connectivity index is 1.96. The summed E-state index contributed by atoms with van der Waals surface area (Å²) in [6.45, 7) is 7.22. The zero-order valence-electron chi connectivity index (χ0n) is 16.4. The molecule has 0 aliphatic carbocycles. The zero-order valence-corrected chi connectivity index (χ0v) is 17.2. The molecule has 0 saturated carbocycles. The highest BCUT2D eigenvalue weighted by Crippen LogP contribution is 2.41. The summed E-state index contributed by atoms with van der Waals surface area (Å²) in [5, 5.41) is 10.4. The number of aliphatic imine (C=N–C) groups is 1. The molecule has 1 aromatic heterocycles. The number of aromatic hydroxyl groups is 1. The molecule has 2 heterocycles. The fraction of sp³-hybridized carbons (Fsp3) is 0.429. The zero-order chi connectivity index (χ0) is 20.1. The highest BCUT2D eigenvalue weighted by Gasteiger charge is 2.26. The van der Waals surface area contributed by atoms with Crippen LogP contribution in [0.1, 0.15) is 42.4 Å². The number of aryl methyl sites for hydroxylation is 1. The minimum absolute atomic E-state index is 0.0404. The van der Waals surface area contributed by atoms with Gasteiger partial charge in [0.25, 0.3) is 0 Å². The quantitative estimate of drug-likeness (QED) is 0.781. The van der Waals surface area contributed by atoms with Crippen LogP contribution in [0.4, 0.5) is 0 Å². The third-order valence-corrected chi connectivity index (χ3v) is 5.62. The van der Waals surface area contributed by atoms with Crippen LogP contribution in [0.25, 0.3) is 0 Å². The largest absolute Gasteiger partial charge is 0.507 e. The third-order valence-electron chi connectivity index (χ3n) is 4.38. The molecule has 1 N–H and O–H groups in total. The standard InChI is InChI=1S/C21H25NO5S/c1-4-25-14-6-7-15(18(11-14)26-5-2)19-12-16(22-8-9-28-19)20-17(23)10-13(3)27-21(20)24/h6-7,10-11,19,23H,4-5,8-9,12H2,1-3H3. The van der Waals surface area contributed by atoms with Crippen molar-refractivity contribution in [3.63, 3.8) is 0 Å². The third kappa shape index (κ3) is 4.52. The highest BCUT2D eigenvalue weighted by atomic mass is 32.2. The van der Waals surface area contributed by atoms with Crippen LogP contribution < -0.4 is 15.1 Å². The second-order valence-electron chi connectivity index (χ2n) is 6.36. The Hall–Kier alpha value is -2.41. The second kappa shape index (κ2) is 9.19. The molecule has 2 aromatic rings. The van der Waals surface area contributed by atoms with E-state index in [9.17, 15) is 9.90 Å². The molecule has 0 bridgehead atoms. The van der Waals surface area contributed by atoms with Crippen molar-refractivity contribution in [2.45, 2.75) is 32.4 Å². The maximum absolute atomic E-state index is 12.3. The molecule has 3 rings (SSSR count). The minimum Gasteiger partial charge on any atom is -0.507 e. The lowest BCUT2D eigenvalue weighted by atomic mass is 10.0. The van der Waals surface area contributed by atoms with Crippen LogP contribution in [0.3, 0.4) is 0 Å². The van der Waals surface area contributed by atoms with Crippen molar-refractivity contribution < 1.29 is 19.0 Å². The fourth-order valence-electron chi connectivity index (χ4n) is 3.23. The molecule has 6 nitrogen and oxygen atoms in total. The molecule has 0 saturated heterocycles. The van der Waals surface area contributed by atoms with Crippen molar-refractivity contribution in [1.29, 1.82) is 0 Å². The highest BCUT2D eigenvalue weighted by molar-refractivity contribution is 7.99. The van der Waals surface area contributed by atoms with Gasteiger partial charge in [-0.2, -0.15) is 11.8 Å². The SMILES string of the molecule is CCOc1ccc(C2CC(c3c(O)cc(C)oc3=O)=NCCS2)c(OCC)c1. The Morgan fingerprint density at radius 3 is 2.75 bits per heavy atom. The summed E-state index contributed by atoms with van der Waals surface area (Å²) in [6.07, 6.45) is 0.500. The first kappa shape index (κ1) is 20.3. The maximum Gasteiger partial charge on any atom is 0.348 e. The van der Waals surface area contributed by atoms with Gasteiger partial charge in [0.05, 0.1) is 18.9 Å². The van der Waals surface area contributed by atoms with E-state index in [1.54, 1.807) is 18.7 Å². The molecule has 0 fully saturated rings. The summed E-state index contributed by atoms with van der Waals surface area (Å²) in [6, 6.07) is 7.30. The molecule has 0 amide bonds. The van der Waals surface area contributed by atoms with Crippen LogP contribution in [-0.2, 0) is 0 Å². The number of nitrogens with zero attached hydrogens (tertiary/aromatic N) is 1. The van der Waals surface area contributed by atoms with E-state index in [1.807, 2.05) is 32.0 Å². The lowest BCUT2D eigenvalue weighted by Gasteiger charge is -2.20. The van der Waals surface area contributed by atoms with Crippen molar-refractivity contribution in [3.8, 4) is 17.2 Å². The summed E-state index contributed by atoms with van der Waals surface area (Å²) in [7, 11) is 0. The van der Waals surface area contributed by atoms with Gasteiger partial charge in [0.2, 0.25) is 0 Å². The molecule has 1 aliphatic heterocycles. The van der Waals surface area contributed by atoms with Crippen LogP contribution in [0.2, 0.25) is 0 Å². The van der Waals surface area contributed by atoms with E-state index in [4.69, 9.17) is 13.9 Å². The number of ether oxygens (including phenoxy) is 2.